The second kappa shape index (κ2) is 11.6. The van der Waals surface area contributed by atoms with Gasteiger partial charge in [-0.3, -0.25) is 9.79 Å². The summed E-state index contributed by atoms with van der Waals surface area (Å²) in [5, 5.41) is 0.467. The van der Waals surface area contributed by atoms with Crippen molar-refractivity contribution in [1.29, 1.82) is 0 Å². The van der Waals surface area contributed by atoms with E-state index in [0.29, 0.717) is 18.3 Å². The SMILES string of the molecule is CC(=O)OCCCCC\C=N/C(CN)=C(C)/N=C(\C)Cl. The zero-order chi connectivity index (χ0) is 15.4. The summed E-state index contributed by atoms with van der Waals surface area (Å²) >= 11 is 5.72. The van der Waals surface area contributed by atoms with Crippen LogP contribution in [0.1, 0.15) is 46.5 Å². The van der Waals surface area contributed by atoms with E-state index in [9.17, 15) is 4.79 Å². The largest absolute Gasteiger partial charge is 0.466 e. The molecule has 5 nitrogen and oxygen atoms in total. The molecule has 0 aromatic carbocycles. The van der Waals surface area contributed by atoms with Gasteiger partial charge in [0.2, 0.25) is 0 Å². The predicted octanol–water partition coefficient (Wildman–Crippen LogP) is 3.03. The Bertz CT molecular complexity index is 386. The van der Waals surface area contributed by atoms with Crippen molar-refractivity contribution < 1.29 is 9.53 Å². The van der Waals surface area contributed by atoms with Crippen molar-refractivity contribution in [2.24, 2.45) is 15.7 Å². The maximum atomic E-state index is 10.5. The number of ether oxygens (including phenoxy) is 1. The molecule has 0 rings (SSSR count). The number of halogens is 1. The molecule has 0 amide bonds. The minimum atomic E-state index is -0.227. The molecule has 0 aromatic heterocycles. The number of aliphatic imine (C=N–C) groups is 2. The molecule has 0 heterocycles. The quantitative estimate of drug-likeness (QED) is 0.404. The summed E-state index contributed by atoms with van der Waals surface area (Å²) in [6.45, 7) is 5.79. The van der Waals surface area contributed by atoms with Crippen LogP contribution in [0.25, 0.3) is 0 Å². The molecule has 0 fully saturated rings. The van der Waals surface area contributed by atoms with Crippen molar-refractivity contribution >= 4 is 29.0 Å². The molecule has 0 atom stereocenters. The van der Waals surface area contributed by atoms with Crippen LogP contribution in [0.15, 0.2) is 21.4 Å². The van der Waals surface area contributed by atoms with Crippen LogP contribution in [0.4, 0.5) is 0 Å². The molecule has 0 radical (unpaired) electrons. The normalized spacial score (nSPS) is 13.6. The fourth-order valence-electron chi connectivity index (χ4n) is 1.49. The molecule has 0 bridgehead atoms. The Labute approximate surface area is 126 Å². The standard InChI is InChI=1S/C14H24ClN3O2/c1-11(18-12(2)15)14(10-16)17-8-6-4-5-7-9-20-13(3)19/h8H,4-7,9-10,16H2,1-3H3/b14-11+,17-8-,18-12+. The molecule has 0 aliphatic carbocycles. The van der Waals surface area contributed by atoms with Gasteiger partial charge in [0.05, 0.1) is 18.0 Å². The number of nitrogens with zero attached hydrogens (tertiary/aromatic N) is 2. The molecular formula is C14H24ClN3O2. The lowest BCUT2D eigenvalue weighted by Crippen LogP contribution is -2.03. The molecule has 114 valence electrons. The number of nitrogens with two attached hydrogens (primary N) is 1. The van der Waals surface area contributed by atoms with E-state index in [1.807, 2.05) is 13.1 Å². The Morgan fingerprint density at radius 2 is 1.95 bits per heavy atom. The van der Waals surface area contributed by atoms with Crippen molar-refractivity contribution in [3.63, 3.8) is 0 Å². The van der Waals surface area contributed by atoms with Gasteiger partial charge < -0.3 is 10.5 Å². The van der Waals surface area contributed by atoms with Crippen molar-refractivity contribution in [2.45, 2.75) is 46.5 Å². The summed E-state index contributed by atoms with van der Waals surface area (Å²) in [5.41, 5.74) is 7.11. The maximum Gasteiger partial charge on any atom is 0.302 e. The van der Waals surface area contributed by atoms with E-state index in [4.69, 9.17) is 22.1 Å². The number of unbranched alkanes of at least 4 members (excludes halogenated alkanes) is 3. The number of allylic oxidation sites excluding steroid dienone is 1. The fourth-order valence-corrected chi connectivity index (χ4v) is 1.62. The Hall–Kier alpha value is -1.20. The zero-order valence-electron chi connectivity index (χ0n) is 12.5. The molecule has 0 aliphatic heterocycles. The van der Waals surface area contributed by atoms with E-state index < -0.39 is 0 Å². The van der Waals surface area contributed by atoms with Gasteiger partial charge in [-0.2, -0.15) is 0 Å². The van der Waals surface area contributed by atoms with Crippen LogP contribution in [0, 0.1) is 0 Å². The molecule has 6 heteroatoms. The lowest BCUT2D eigenvalue weighted by atomic mass is 10.2. The van der Waals surface area contributed by atoms with Gasteiger partial charge in [-0.25, -0.2) is 4.99 Å². The fraction of sp³-hybridized carbons (Fsp3) is 0.643. The Morgan fingerprint density at radius 1 is 1.25 bits per heavy atom. The average Bonchev–Trinajstić information content (AvgIpc) is 2.35. The van der Waals surface area contributed by atoms with Crippen LogP contribution in [0.3, 0.4) is 0 Å². The lowest BCUT2D eigenvalue weighted by molar-refractivity contribution is -0.141. The highest BCUT2D eigenvalue weighted by Gasteiger charge is 1.97. The van der Waals surface area contributed by atoms with Crippen molar-refractivity contribution in [3.05, 3.63) is 11.4 Å². The molecule has 0 aromatic rings. The highest BCUT2D eigenvalue weighted by atomic mass is 35.5. The van der Waals surface area contributed by atoms with E-state index in [1.54, 1.807) is 6.92 Å². The number of esters is 1. The van der Waals surface area contributed by atoms with Crippen LogP contribution in [0.5, 0.6) is 0 Å². The van der Waals surface area contributed by atoms with E-state index in [1.165, 1.54) is 6.92 Å². The van der Waals surface area contributed by atoms with Crippen LogP contribution in [0.2, 0.25) is 0 Å². The molecule has 0 saturated carbocycles. The van der Waals surface area contributed by atoms with Crippen LogP contribution < -0.4 is 5.73 Å². The lowest BCUT2D eigenvalue weighted by Gasteiger charge is -2.02. The smallest absolute Gasteiger partial charge is 0.302 e. The van der Waals surface area contributed by atoms with Crippen LogP contribution in [-0.2, 0) is 9.53 Å². The summed E-state index contributed by atoms with van der Waals surface area (Å²) in [6.07, 6.45) is 5.58. The second-order valence-corrected chi connectivity index (χ2v) is 4.89. The van der Waals surface area contributed by atoms with Gasteiger partial charge in [-0.1, -0.05) is 11.6 Å². The van der Waals surface area contributed by atoms with Crippen LogP contribution >= 0.6 is 11.6 Å². The monoisotopic (exact) mass is 301 g/mol. The van der Waals surface area contributed by atoms with Crippen molar-refractivity contribution in [3.8, 4) is 0 Å². The first-order chi connectivity index (χ1) is 9.47. The Morgan fingerprint density at radius 3 is 2.50 bits per heavy atom. The van der Waals surface area contributed by atoms with E-state index in [-0.39, 0.29) is 5.97 Å². The van der Waals surface area contributed by atoms with Crippen molar-refractivity contribution in [2.75, 3.05) is 13.2 Å². The van der Waals surface area contributed by atoms with Crippen LogP contribution in [-0.4, -0.2) is 30.5 Å². The van der Waals surface area contributed by atoms with Gasteiger partial charge >= 0.3 is 5.97 Å². The molecule has 0 unspecified atom stereocenters. The Kier molecular flexibility index (Phi) is 10.9. The molecule has 2 N–H and O–H groups in total. The third kappa shape index (κ3) is 10.7. The first-order valence-electron chi connectivity index (χ1n) is 6.73. The highest BCUT2D eigenvalue weighted by Crippen LogP contribution is 2.07. The van der Waals surface area contributed by atoms with Crippen molar-refractivity contribution in [1.82, 2.24) is 0 Å². The molecule has 0 saturated heterocycles. The highest BCUT2D eigenvalue weighted by molar-refractivity contribution is 6.64. The number of rotatable bonds is 9. The summed E-state index contributed by atoms with van der Waals surface area (Å²) in [5.74, 6) is -0.227. The number of carbonyl (C=O) groups is 1. The maximum absolute atomic E-state index is 10.5. The molecule has 0 aliphatic rings. The Balaban J connectivity index is 3.98. The second-order valence-electron chi connectivity index (χ2n) is 4.35. The summed E-state index contributed by atoms with van der Waals surface area (Å²) in [4.78, 5) is 19.0. The number of carbonyl (C=O) groups excluding carboxylic acids is 1. The van der Waals surface area contributed by atoms with Gasteiger partial charge in [0.15, 0.2) is 0 Å². The number of hydrogen-bond acceptors (Lipinski definition) is 5. The topological polar surface area (TPSA) is 77.0 Å². The van der Waals surface area contributed by atoms with Gasteiger partial charge in [-0.05, 0) is 39.5 Å². The number of hydrogen-bond donors (Lipinski definition) is 1. The molecule has 0 spiro atoms. The third-order valence-corrected chi connectivity index (χ3v) is 2.55. The predicted molar refractivity (Wildman–Crippen MR) is 84.3 cm³/mol. The van der Waals surface area contributed by atoms with Gasteiger partial charge in [0, 0.05) is 19.7 Å². The molecule has 20 heavy (non-hydrogen) atoms. The summed E-state index contributed by atoms with van der Waals surface area (Å²) in [7, 11) is 0. The van der Waals surface area contributed by atoms with E-state index in [2.05, 4.69) is 9.98 Å². The average molecular weight is 302 g/mol. The van der Waals surface area contributed by atoms with Gasteiger partial charge in [0.1, 0.15) is 5.17 Å². The minimum Gasteiger partial charge on any atom is -0.466 e. The first-order valence-corrected chi connectivity index (χ1v) is 7.11. The van der Waals surface area contributed by atoms with E-state index >= 15 is 0 Å². The zero-order valence-corrected chi connectivity index (χ0v) is 13.2. The third-order valence-electron chi connectivity index (χ3n) is 2.46. The van der Waals surface area contributed by atoms with E-state index in [0.717, 1.165) is 37.1 Å². The summed E-state index contributed by atoms with van der Waals surface area (Å²) < 4.78 is 4.85. The van der Waals surface area contributed by atoms with Gasteiger partial charge in [-0.15, -0.1) is 0 Å². The van der Waals surface area contributed by atoms with Gasteiger partial charge in [0.25, 0.3) is 0 Å². The molecular weight excluding hydrogens is 278 g/mol. The minimum absolute atomic E-state index is 0.227. The first kappa shape index (κ1) is 18.8. The summed E-state index contributed by atoms with van der Waals surface area (Å²) in [6, 6.07) is 0.